The molecule has 5 rings (SSSR count). The maximum absolute atomic E-state index is 13.6. The van der Waals surface area contributed by atoms with Crippen LogP contribution >= 0.6 is 0 Å². The van der Waals surface area contributed by atoms with Gasteiger partial charge in [-0.1, -0.05) is 37.3 Å². The van der Waals surface area contributed by atoms with Crippen LogP contribution < -0.4 is 15.4 Å². The zero-order chi connectivity index (χ0) is 27.8. The van der Waals surface area contributed by atoms with Crippen molar-refractivity contribution in [3.05, 3.63) is 89.5 Å². The van der Waals surface area contributed by atoms with Crippen molar-refractivity contribution in [2.24, 2.45) is 0 Å². The highest BCUT2D eigenvalue weighted by molar-refractivity contribution is 6.00. The molecule has 9 nitrogen and oxygen atoms in total. The summed E-state index contributed by atoms with van der Waals surface area (Å²) in [4.78, 5) is 36.8. The van der Waals surface area contributed by atoms with Crippen molar-refractivity contribution < 1.29 is 14.3 Å². The van der Waals surface area contributed by atoms with Gasteiger partial charge in [-0.25, -0.2) is 9.97 Å². The summed E-state index contributed by atoms with van der Waals surface area (Å²) < 4.78 is 6.12. The Morgan fingerprint density at radius 1 is 1.15 bits per heavy atom. The van der Waals surface area contributed by atoms with Gasteiger partial charge in [0.15, 0.2) is 5.96 Å². The van der Waals surface area contributed by atoms with Gasteiger partial charge in [-0.3, -0.25) is 19.9 Å². The lowest BCUT2D eigenvalue weighted by Crippen LogP contribution is -2.61. The number of nitrogens with one attached hydrogen (secondary N) is 3. The highest BCUT2D eigenvalue weighted by Gasteiger charge is 2.41. The molecule has 2 aromatic carbocycles. The van der Waals surface area contributed by atoms with Gasteiger partial charge in [-0.05, 0) is 51.0 Å². The number of hydrogen-bond donors (Lipinski definition) is 3. The summed E-state index contributed by atoms with van der Waals surface area (Å²) in [5.41, 5.74) is 1.82. The number of rotatable bonds is 6. The Balaban J connectivity index is 1.47. The highest BCUT2D eigenvalue weighted by Crippen LogP contribution is 2.39. The first-order chi connectivity index (χ1) is 18.6. The molecule has 0 saturated carbocycles. The number of para-hydroxylation sites is 1. The van der Waals surface area contributed by atoms with Crippen molar-refractivity contribution in [3.63, 3.8) is 0 Å². The Morgan fingerprint density at radius 2 is 1.90 bits per heavy atom. The van der Waals surface area contributed by atoms with Gasteiger partial charge in [0.05, 0.1) is 18.5 Å². The number of hydrogen-bond acceptors (Lipinski definition) is 6. The Kier molecular flexibility index (Phi) is 6.84. The number of carbonyl (C=O) groups excluding carboxylic acids is 2. The number of nitrogens with zero attached hydrogens (tertiary/aromatic N) is 3. The van der Waals surface area contributed by atoms with Crippen LogP contribution in [0.3, 0.4) is 0 Å². The molecule has 39 heavy (non-hydrogen) atoms. The molecule has 3 unspecified atom stereocenters. The summed E-state index contributed by atoms with van der Waals surface area (Å²) in [6, 6.07) is 14.1. The van der Waals surface area contributed by atoms with Crippen molar-refractivity contribution >= 4 is 17.8 Å². The molecule has 0 spiro atoms. The number of carbonyl (C=O) groups is 2. The minimum Gasteiger partial charge on any atom is -0.487 e. The van der Waals surface area contributed by atoms with Gasteiger partial charge in [-0.15, -0.1) is 0 Å². The number of guanidine groups is 1. The van der Waals surface area contributed by atoms with Crippen molar-refractivity contribution in [2.75, 3.05) is 0 Å². The third-order valence-electron chi connectivity index (χ3n) is 7.55. The number of aromatic nitrogens is 2. The first kappa shape index (κ1) is 26.3. The third kappa shape index (κ3) is 5.34. The molecule has 2 amide bonds. The molecule has 9 heteroatoms. The van der Waals surface area contributed by atoms with E-state index in [2.05, 4.69) is 20.6 Å². The second kappa shape index (κ2) is 10.1. The molecule has 1 aromatic heterocycles. The standard InChI is InChI=1S/C30H34N6O3/c1-5-30(4)15-25(37)36(28(31)35-30)26(21-16-32-18-33-17-21)19-9-8-10-20(13-19)27(38)34-23-14-29(2,3)39-24-12-7-6-11-22(23)24/h6-13,16-18,23,26H,5,14-15H2,1-4H3,(H2,31,35)(H,34,38). The first-order valence-corrected chi connectivity index (χ1v) is 13.2. The third-order valence-corrected chi connectivity index (χ3v) is 7.55. The van der Waals surface area contributed by atoms with Crippen LogP contribution in [0.25, 0.3) is 0 Å². The topological polar surface area (TPSA) is 120 Å². The fraction of sp³-hybridized carbons (Fsp3) is 0.367. The van der Waals surface area contributed by atoms with E-state index >= 15 is 0 Å². The highest BCUT2D eigenvalue weighted by atomic mass is 16.5. The maximum Gasteiger partial charge on any atom is 0.251 e. The van der Waals surface area contributed by atoms with Gasteiger partial charge in [-0.2, -0.15) is 0 Å². The van der Waals surface area contributed by atoms with Crippen molar-refractivity contribution in [3.8, 4) is 5.75 Å². The average molecular weight is 527 g/mol. The molecule has 3 heterocycles. The molecule has 0 bridgehead atoms. The predicted molar refractivity (Wildman–Crippen MR) is 147 cm³/mol. The van der Waals surface area contributed by atoms with Gasteiger partial charge >= 0.3 is 0 Å². The fourth-order valence-corrected chi connectivity index (χ4v) is 5.39. The first-order valence-electron chi connectivity index (χ1n) is 13.2. The Hall–Kier alpha value is -4.27. The second-order valence-corrected chi connectivity index (χ2v) is 11.2. The molecular weight excluding hydrogens is 492 g/mol. The lowest BCUT2D eigenvalue weighted by Gasteiger charge is -2.43. The van der Waals surface area contributed by atoms with Gasteiger partial charge in [0, 0.05) is 41.0 Å². The molecule has 3 atom stereocenters. The van der Waals surface area contributed by atoms with Gasteiger partial charge < -0.3 is 15.4 Å². The van der Waals surface area contributed by atoms with E-state index in [0.717, 1.165) is 11.3 Å². The Bertz CT molecular complexity index is 1390. The number of ether oxygens (including phenoxy) is 1. The van der Waals surface area contributed by atoms with E-state index in [1.54, 1.807) is 30.6 Å². The van der Waals surface area contributed by atoms with Crippen molar-refractivity contribution in [1.29, 1.82) is 5.41 Å². The van der Waals surface area contributed by atoms with E-state index < -0.39 is 17.2 Å². The lowest BCUT2D eigenvalue weighted by molar-refractivity contribution is -0.131. The quantitative estimate of drug-likeness (QED) is 0.434. The zero-order valence-corrected chi connectivity index (χ0v) is 22.7. The van der Waals surface area contributed by atoms with Crippen LogP contribution in [-0.4, -0.2) is 43.8 Å². The van der Waals surface area contributed by atoms with E-state index in [-0.39, 0.29) is 30.2 Å². The Labute approximate surface area is 228 Å². The molecule has 2 aliphatic rings. The van der Waals surface area contributed by atoms with Crippen LogP contribution in [0.4, 0.5) is 0 Å². The molecular formula is C30H34N6O3. The second-order valence-electron chi connectivity index (χ2n) is 11.2. The molecule has 1 fully saturated rings. The van der Waals surface area contributed by atoms with Crippen LogP contribution in [0.2, 0.25) is 0 Å². The summed E-state index contributed by atoms with van der Waals surface area (Å²) in [7, 11) is 0. The predicted octanol–water partition coefficient (Wildman–Crippen LogP) is 4.52. The van der Waals surface area contributed by atoms with Crippen LogP contribution in [0.1, 0.15) is 86.1 Å². The molecule has 2 aliphatic heterocycles. The van der Waals surface area contributed by atoms with Gasteiger partial charge in [0.25, 0.3) is 5.91 Å². The Morgan fingerprint density at radius 3 is 2.62 bits per heavy atom. The fourth-order valence-electron chi connectivity index (χ4n) is 5.39. The zero-order valence-electron chi connectivity index (χ0n) is 22.7. The van der Waals surface area contributed by atoms with Crippen molar-refractivity contribution in [2.45, 2.75) is 70.2 Å². The van der Waals surface area contributed by atoms with E-state index in [1.165, 1.54) is 11.2 Å². The molecule has 3 N–H and O–H groups in total. The summed E-state index contributed by atoms with van der Waals surface area (Å²) >= 11 is 0. The largest absolute Gasteiger partial charge is 0.487 e. The van der Waals surface area contributed by atoms with E-state index in [9.17, 15) is 9.59 Å². The average Bonchev–Trinajstić information content (AvgIpc) is 2.90. The SMILES string of the molecule is CCC1(C)CC(=O)N(C(c2cncnc2)c2cccc(C(=O)NC3CC(C)(C)Oc4ccccc43)c2)C(=N)N1. The molecule has 0 radical (unpaired) electrons. The summed E-state index contributed by atoms with van der Waals surface area (Å²) in [5, 5.41) is 15.1. The number of amides is 2. The lowest BCUT2D eigenvalue weighted by atomic mass is 9.89. The molecule has 0 aliphatic carbocycles. The van der Waals surface area contributed by atoms with Gasteiger partial charge in [0.2, 0.25) is 5.91 Å². The molecule has 1 saturated heterocycles. The smallest absolute Gasteiger partial charge is 0.251 e. The number of benzene rings is 2. The minimum absolute atomic E-state index is 0.0142. The molecule has 202 valence electrons. The molecule has 3 aromatic rings. The summed E-state index contributed by atoms with van der Waals surface area (Å²) in [6.45, 7) is 7.96. The summed E-state index contributed by atoms with van der Waals surface area (Å²) in [6.07, 6.45) is 6.28. The minimum atomic E-state index is -0.671. The summed E-state index contributed by atoms with van der Waals surface area (Å²) in [5.74, 6) is 0.382. The monoisotopic (exact) mass is 526 g/mol. The van der Waals surface area contributed by atoms with Crippen LogP contribution in [-0.2, 0) is 4.79 Å². The van der Waals surface area contributed by atoms with E-state index in [0.29, 0.717) is 29.5 Å². The van der Waals surface area contributed by atoms with E-state index in [4.69, 9.17) is 10.1 Å². The van der Waals surface area contributed by atoms with Crippen molar-refractivity contribution in [1.82, 2.24) is 25.5 Å². The number of fused-ring (bicyclic) bond motifs is 1. The van der Waals surface area contributed by atoms with Crippen LogP contribution in [0, 0.1) is 5.41 Å². The maximum atomic E-state index is 13.6. The van der Waals surface area contributed by atoms with Crippen LogP contribution in [0.5, 0.6) is 5.75 Å². The van der Waals surface area contributed by atoms with E-state index in [1.807, 2.05) is 58.0 Å². The van der Waals surface area contributed by atoms with Crippen LogP contribution in [0.15, 0.2) is 67.3 Å². The van der Waals surface area contributed by atoms with Gasteiger partial charge in [0.1, 0.15) is 17.7 Å². The normalized spacial score (nSPS) is 22.8.